The Hall–Kier alpha value is -3.05. The van der Waals surface area contributed by atoms with Crippen molar-refractivity contribution in [2.45, 2.75) is 13.1 Å². The fourth-order valence-electron chi connectivity index (χ4n) is 3.22. The molecule has 6 heteroatoms. The molecule has 4 rings (SSSR count). The van der Waals surface area contributed by atoms with Crippen LogP contribution in [0.4, 0.5) is 11.5 Å². The lowest BCUT2D eigenvalue weighted by atomic mass is 10.1. The monoisotopic (exact) mass is 379 g/mol. The second kappa shape index (κ2) is 7.29. The Kier molecular flexibility index (Phi) is 4.69. The fraction of sp³-hybridized carbons (Fsp3) is 0.143. The Morgan fingerprint density at radius 1 is 1.11 bits per heavy atom. The number of nitrogens with one attached hydrogen (secondary N) is 1. The van der Waals surface area contributed by atoms with Crippen LogP contribution < -0.4 is 15.0 Å². The van der Waals surface area contributed by atoms with Crippen molar-refractivity contribution in [2.24, 2.45) is 0 Å². The van der Waals surface area contributed by atoms with Crippen molar-refractivity contribution in [3.8, 4) is 5.75 Å². The number of benzene rings is 2. The molecule has 0 radical (unpaired) electrons. The van der Waals surface area contributed by atoms with E-state index in [9.17, 15) is 4.79 Å². The van der Waals surface area contributed by atoms with Crippen LogP contribution in [0.1, 0.15) is 29.0 Å². The average Bonchev–Trinajstić information content (AvgIpc) is 2.97. The lowest BCUT2D eigenvalue weighted by Gasteiger charge is -2.27. The Labute approximate surface area is 162 Å². The van der Waals surface area contributed by atoms with Crippen molar-refractivity contribution in [1.29, 1.82) is 0 Å². The molecule has 3 aromatic rings. The number of aromatic nitrogens is 1. The van der Waals surface area contributed by atoms with Gasteiger partial charge < -0.3 is 10.1 Å². The second-order valence-corrected chi connectivity index (χ2v) is 6.51. The first-order valence-electron chi connectivity index (χ1n) is 8.71. The smallest absolute Gasteiger partial charge is 0.261 e. The summed E-state index contributed by atoms with van der Waals surface area (Å²) in [6.45, 7) is 2.50. The lowest BCUT2D eigenvalue weighted by Crippen LogP contribution is -2.33. The van der Waals surface area contributed by atoms with Gasteiger partial charge in [0.15, 0.2) is 0 Å². The van der Waals surface area contributed by atoms with Crippen LogP contribution in [0.5, 0.6) is 5.75 Å². The number of amides is 1. The van der Waals surface area contributed by atoms with Crippen molar-refractivity contribution >= 4 is 29.0 Å². The largest absolute Gasteiger partial charge is 0.492 e. The van der Waals surface area contributed by atoms with Crippen molar-refractivity contribution in [3.63, 3.8) is 0 Å². The number of hydrogen-bond acceptors (Lipinski definition) is 4. The molecular weight excluding hydrogens is 362 g/mol. The maximum Gasteiger partial charge on any atom is 0.261 e. The minimum Gasteiger partial charge on any atom is -0.492 e. The van der Waals surface area contributed by atoms with Gasteiger partial charge in [-0.3, -0.25) is 9.69 Å². The summed E-state index contributed by atoms with van der Waals surface area (Å²) in [6.07, 6.45) is 1.14. The van der Waals surface area contributed by atoms with E-state index < -0.39 is 6.17 Å². The zero-order valence-corrected chi connectivity index (χ0v) is 15.5. The van der Waals surface area contributed by atoms with Gasteiger partial charge in [-0.2, -0.15) is 0 Å². The SMILES string of the molecule is CCOc1ccccc1N[C@@H]1c2ccccc2C(=O)N1c1ccc(Cl)cn1. The third-order valence-electron chi connectivity index (χ3n) is 4.40. The normalized spacial score (nSPS) is 15.6. The minimum absolute atomic E-state index is 0.105. The van der Waals surface area contributed by atoms with Crippen LogP contribution in [0.2, 0.25) is 5.02 Å². The lowest BCUT2D eigenvalue weighted by molar-refractivity contribution is 0.0992. The predicted octanol–water partition coefficient (Wildman–Crippen LogP) is 4.90. The Balaban J connectivity index is 1.77. The topological polar surface area (TPSA) is 54.5 Å². The fourth-order valence-corrected chi connectivity index (χ4v) is 3.33. The van der Waals surface area contributed by atoms with Crippen molar-refractivity contribution < 1.29 is 9.53 Å². The Morgan fingerprint density at radius 2 is 1.89 bits per heavy atom. The second-order valence-electron chi connectivity index (χ2n) is 6.07. The zero-order chi connectivity index (χ0) is 18.8. The third kappa shape index (κ3) is 3.22. The summed E-state index contributed by atoms with van der Waals surface area (Å²) in [5.41, 5.74) is 2.36. The van der Waals surface area contributed by atoms with Gasteiger partial charge in [-0.15, -0.1) is 0 Å². The molecule has 1 atom stereocenters. The van der Waals surface area contributed by atoms with E-state index in [2.05, 4.69) is 10.3 Å². The summed E-state index contributed by atoms with van der Waals surface area (Å²) in [5.74, 6) is 1.17. The molecule has 27 heavy (non-hydrogen) atoms. The number of carbonyl (C=O) groups excluding carboxylic acids is 1. The summed E-state index contributed by atoms with van der Waals surface area (Å²) in [4.78, 5) is 19.1. The van der Waals surface area contributed by atoms with Crippen LogP contribution in [-0.2, 0) is 0 Å². The van der Waals surface area contributed by atoms with E-state index in [-0.39, 0.29) is 5.91 Å². The van der Waals surface area contributed by atoms with E-state index >= 15 is 0 Å². The van der Waals surface area contributed by atoms with Crippen LogP contribution in [0.25, 0.3) is 0 Å². The number of pyridine rings is 1. The van der Waals surface area contributed by atoms with Gasteiger partial charge in [0.2, 0.25) is 0 Å². The van der Waals surface area contributed by atoms with Crippen LogP contribution >= 0.6 is 11.6 Å². The van der Waals surface area contributed by atoms with Gasteiger partial charge in [-0.05, 0) is 37.3 Å². The molecule has 0 aliphatic carbocycles. The van der Waals surface area contributed by atoms with Crippen LogP contribution in [0.15, 0.2) is 66.9 Å². The molecule has 136 valence electrons. The number of hydrogen-bond donors (Lipinski definition) is 1. The maximum absolute atomic E-state index is 13.1. The summed E-state index contributed by atoms with van der Waals surface area (Å²) in [7, 11) is 0. The third-order valence-corrected chi connectivity index (χ3v) is 4.62. The predicted molar refractivity (Wildman–Crippen MR) is 106 cm³/mol. The van der Waals surface area contributed by atoms with Gasteiger partial charge in [0, 0.05) is 17.3 Å². The highest BCUT2D eigenvalue weighted by molar-refractivity contribution is 6.30. The molecule has 1 aliphatic rings. The molecular formula is C21H18ClN3O2. The van der Waals surface area contributed by atoms with Crippen molar-refractivity contribution in [2.75, 3.05) is 16.8 Å². The van der Waals surface area contributed by atoms with Gasteiger partial charge in [0.1, 0.15) is 17.7 Å². The molecule has 1 amide bonds. The molecule has 0 saturated carbocycles. The van der Waals surface area contributed by atoms with E-state index in [1.54, 1.807) is 23.2 Å². The molecule has 1 aromatic heterocycles. The molecule has 0 spiro atoms. The standard InChI is InChI=1S/C21H18ClN3O2/c1-2-27-18-10-6-5-9-17(18)24-20-15-7-3-4-8-16(15)21(26)25(20)19-12-11-14(22)13-23-19/h3-13,20,24H,2H2,1H3/t20-/m0/s1. The summed E-state index contributed by atoms with van der Waals surface area (Å²) >= 11 is 5.97. The molecule has 2 aromatic carbocycles. The number of rotatable bonds is 5. The summed E-state index contributed by atoms with van der Waals surface area (Å²) < 4.78 is 5.72. The highest BCUT2D eigenvalue weighted by Gasteiger charge is 2.38. The van der Waals surface area contributed by atoms with E-state index in [0.29, 0.717) is 23.0 Å². The first-order chi connectivity index (χ1) is 13.2. The molecule has 1 N–H and O–H groups in total. The molecule has 0 bridgehead atoms. The number of nitrogens with zero attached hydrogens (tertiary/aromatic N) is 2. The zero-order valence-electron chi connectivity index (χ0n) is 14.7. The summed E-state index contributed by atoms with van der Waals surface area (Å²) in [5, 5.41) is 3.97. The number of anilines is 2. The molecule has 1 aliphatic heterocycles. The first-order valence-corrected chi connectivity index (χ1v) is 9.09. The number of ether oxygens (including phenoxy) is 1. The number of carbonyl (C=O) groups is 1. The molecule has 2 heterocycles. The summed E-state index contributed by atoms with van der Waals surface area (Å²) in [6, 6.07) is 18.7. The van der Waals surface area contributed by atoms with Crippen LogP contribution in [0.3, 0.4) is 0 Å². The van der Waals surface area contributed by atoms with Gasteiger partial charge in [0.05, 0.1) is 17.3 Å². The van der Waals surface area contributed by atoms with E-state index in [1.807, 2.05) is 55.5 Å². The van der Waals surface area contributed by atoms with E-state index in [0.717, 1.165) is 17.0 Å². The van der Waals surface area contributed by atoms with Crippen LogP contribution in [0, 0.1) is 0 Å². The van der Waals surface area contributed by atoms with E-state index in [4.69, 9.17) is 16.3 Å². The average molecular weight is 380 g/mol. The van der Waals surface area contributed by atoms with E-state index in [1.165, 1.54) is 0 Å². The molecule has 0 saturated heterocycles. The highest BCUT2D eigenvalue weighted by Crippen LogP contribution is 2.39. The Morgan fingerprint density at radius 3 is 2.67 bits per heavy atom. The van der Waals surface area contributed by atoms with Crippen molar-refractivity contribution in [3.05, 3.63) is 83.0 Å². The number of fused-ring (bicyclic) bond motifs is 1. The molecule has 5 nitrogen and oxygen atoms in total. The molecule has 0 fully saturated rings. The van der Waals surface area contributed by atoms with Crippen LogP contribution in [-0.4, -0.2) is 17.5 Å². The number of halogens is 1. The molecule has 0 unspecified atom stereocenters. The first kappa shape index (κ1) is 17.4. The van der Waals surface area contributed by atoms with Crippen molar-refractivity contribution in [1.82, 2.24) is 4.98 Å². The minimum atomic E-state index is -0.399. The van der Waals surface area contributed by atoms with Gasteiger partial charge >= 0.3 is 0 Å². The Bertz CT molecular complexity index is 975. The number of para-hydroxylation sites is 2. The highest BCUT2D eigenvalue weighted by atomic mass is 35.5. The van der Waals surface area contributed by atoms with Gasteiger partial charge in [-0.1, -0.05) is 41.9 Å². The quantitative estimate of drug-likeness (QED) is 0.684. The van der Waals surface area contributed by atoms with Gasteiger partial charge in [-0.25, -0.2) is 4.98 Å². The van der Waals surface area contributed by atoms with Gasteiger partial charge in [0.25, 0.3) is 5.91 Å². The maximum atomic E-state index is 13.1.